The first-order valence-electron chi connectivity index (χ1n) is 8.31. The molecule has 2 aromatic rings. The molecule has 0 saturated carbocycles. The maximum Gasteiger partial charge on any atom is 0.246 e. The number of rotatable bonds is 3. The quantitative estimate of drug-likeness (QED) is 0.815. The van der Waals surface area contributed by atoms with Gasteiger partial charge in [-0.1, -0.05) is 0 Å². The molecule has 0 spiro atoms. The van der Waals surface area contributed by atoms with E-state index in [0.717, 1.165) is 30.1 Å². The molecule has 4 heterocycles. The molecule has 26 heavy (non-hydrogen) atoms. The van der Waals surface area contributed by atoms with Gasteiger partial charge >= 0.3 is 0 Å². The molecular formula is C17H18F2N4O2S. The maximum absolute atomic E-state index is 14.0. The Labute approximate surface area is 150 Å². The lowest BCUT2D eigenvalue weighted by molar-refractivity contribution is 0.0871. The number of aromatic nitrogens is 2. The average Bonchev–Trinajstić information content (AvgIpc) is 2.53. The smallest absolute Gasteiger partial charge is 0.246 e. The number of anilines is 1. The summed E-state index contributed by atoms with van der Waals surface area (Å²) in [4.78, 5) is 10.2. The van der Waals surface area contributed by atoms with Crippen molar-refractivity contribution in [3.05, 3.63) is 47.4 Å². The Bertz CT molecular complexity index is 950. The Morgan fingerprint density at radius 2 is 1.77 bits per heavy atom. The van der Waals surface area contributed by atoms with Gasteiger partial charge in [0.2, 0.25) is 10.0 Å². The second kappa shape index (κ2) is 5.95. The number of hydrogen-bond donors (Lipinski definition) is 0. The lowest BCUT2D eigenvalue weighted by Gasteiger charge is -2.55. The van der Waals surface area contributed by atoms with Crippen LogP contribution in [0.4, 0.5) is 14.6 Å². The number of nitrogens with zero attached hydrogens (tertiary/aromatic N) is 4. The normalized spacial score (nSPS) is 23.0. The highest BCUT2D eigenvalue weighted by Gasteiger charge is 2.52. The highest BCUT2D eigenvalue weighted by Crippen LogP contribution is 2.39. The van der Waals surface area contributed by atoms with Crippen molar-refractivity contribution in [3.8, 4) is 0 Å². The summed E-state index contributed by atoms with van der Waals surface area (Å²) in [6, 6.07) is 3.92. The molecule has 3 aliphatic rings. The summed E-state index contributed by atoms with van der Waals surface area (Å²) in [6.45, 7) is 4.66. The Morgan fingerprint density at radius 3 is 2.38 bits per heavy atom. The number of halogens is 2. The number of sulfonamides is 1. The minimum atomic E-state index is -4.00. The van der Waals surface area contributed by atoms with Gasteiger partial charge in [0.1, 0.15) is 28.2 Å². The Balaban J connectivity index is 1.59. The molecule has 3 fully saturated rings. The number of fused-ring (bicyclic) bond motifs is 2. The maximum atomic E-state index is 14.0. The van der Waals surface area contributed by atoms with Crippen LogP contribution in [0.5, 0.6) is 0 Å². The van der Waals surface area contributed by atoms with Gasteiger partial charge in [-0.3, -0.25) is 0 Å². The number of piperidine rings is 1. The molecule has 3 aliphatic heterocycles. The van der Waals surface area contributed by atoms with Crippen LogP contribution in [0.15, 0.2) is 29.2 Å². The van der Waals surface area contributed by atoms with Crippen molar-refractivity contribution in [1.29, 1.82) is 0 Å². The summed E-state index contributed by atoms with van der Waals surface area (Å²) in [5.41, 5.74) is 0.851. The lowest BCUT2D eigenvalue weighted by atomic mass is 9.91. The Kier molecular flexibility index (Phi) is 3.96. The molecule has 2 bridgehead atoms. The van der Waals surface area contributed by atoms with E-state index < -0.39 is 26.6 Å². The van der Waals surface area contributed by atoms with Crippen LogP contribution in [-0.2, 0) is 10.0 Å². The van der Waals surface area contributed by atoms with Crippen molar-refractivity contribution in [2.45, 2.75) is 37.2 Å². The van der Waals surface area contributed by atoms with Gasteiger partial charge < -0.3 is 4.90 Å². The molecule has 1 aromatic carbocycles. The predicted molar refractivity (Wildman–Crippen MR) is 91.3 cm³/mol. The van der Waals surface area contributed by atoms with Crippen LogP contribution >= 0.6 is 0 Å². The summed E-state index contributed by atoms with van der Waals surface area (Å²) in [5, 5.41) is 0. The average molecular weight is 380 g/mol. The Hall–Kier alpha value is -2.13. The monoisotopic (exact) mass is 380 g/mol. The van der Waals surface area contributed by atoms with Gasteiger partial charge in [0.25, 0.3) is 0 Å². The van der Waals surface area contributed by atoms with E-state index in [1.54, 1.807) is 0 Å². The number of piperazine rings is 1. The molecule has 1 aromatic heterocycles. The first-order valence-corrected chi connectivity index (χ1v) is 9.75. The minimum absolute atomic E-state index is 0.251. The van der Waals surface area contributed by atoms with Gasteiger partial charge in [-0.2, -0.15) is 4.31 Å². The summed E-state index contributed by atoms with van der Waals surface area (Å²) in [5.74, 6) is -0.424. The third kappa shape index (κ3) is 2.75. The van der Waals surface area contributed by atoms with E-state index in [2.05, 4.69) is 9.97 Å². The van der Waals surface area contributed by atoms with E-state index >= 15 is 0 Å². The van der Waals surface area contributed by atoms with Crippen molar-refractivity contribution in [3.63, 3.8) is 0 Å². The van der Waals surface area contributed by atoms with Gasteiger partial charge in [-0.05, 0) is 32.4 Å². The van der Waals surface area contributed by atoms with Gasteiger partial charge in [0, 0.05) is 43.0 Å². The van der Waals surface area contributed by atoms with Crippen molar-refractivity contribution in [2.24, 2.45) is 0 Å². The fourth-order valence-electron chi connectivity index (χ4n) is 3.81. The fourth-order valence-corrected chi connectivity index (χ4v) is 5.68. The molecule has 0 radical (unpaired) electrons. The topological polar surface area (TPSA) is 66.4 Å². The van der Waals surface area contributed by atoms with Gasteiger partial charge in [-0.25, -0.2) is 27.2 Å². The zero-order valence-corrected chi connectivity index (χ0v) is 15.2. The van der Waals surface area contributed by atoms with Crippen LogP contribution in [0.3, 0.4) is 0 Å². The van der Waals surface area contributed by atoms with E-state index in [1.165, 1.54) is 4.31 Å². The zero-order chi connectivity index (χ0) is 18.6. The molecule has 9 heteroatoms. The molecule has 3 saturated heterocycles. The molecular weight excluding hydrogens is 362 g/mol. The van der Waals surface area contributed by atoms with Gasteiger partial charge in [0.15, 0.2) is 0 Å². The van der Waals surface area contributed by atoms with Crippen LogP contribution < -0.4 is 4.90 Å². The van der Waals surface area contributed by atoms with Gasteiger partial charge in [-0.15, -0.1) is 0 Å². The van der Waals surface area contributed by atoms with E-state index in [-0.39, 0.29) is 12.1 Å². The molecule has 6 nitrogen and oxygen atoms in total. The molecule has 0 N–H and O–H groups in total. The molecule has 0 amide bonds. The molecule has 5 rings (SSSR count). The first kappa shape index (κ1) is 17.3. The van der Waals surface area contributed by atoms with Crippen LogP contribution in [0.25, 0.3) is 0 Å². The van der Waals surface area contributed by atoms with Crippen LogP contribution in [-0.4, -0.2) is 47.9 Å². The molecule has 138 valence electrons. The summed E-state index contributed by atoms with van der Waals surface area (Å²) in [6.07, 6.45) is 0.724. The van der Waals surface area contributed by atoms with E-state index in [9.17, 15) is 17.2 Å². The fraction of sp³-hybridized carbons (Fsp3) is 0.412. The number of aryl methyl sites for hydroxylation is 2. The largest absolute Gasteiger partial charge is 0.353 e. The van der Waals surface area contributed by atoms with Crippen LogP contribution in [0.2, 0.25) is 0 Å². The number of benzene rings is 1. The predicted octanol–water partition coefficient (Wildman–Crippen LogP) is 2.02. The van der Waals surface area contributed by atoms with E-state index in [0.29, 0.717) is 25.0 Å². The SMILES string of the molecule is Cc1cc(N2CC3CC(C2)N3S(=O)(=O)c2ccc(F)cc2F)nc(C)n1. The van der Waals surface area contributed by atoms with Crippen LogP contribution in [0.1, 0.15) is 17.9 Å². The zero-order valence-electron chi connectivity index (χ0n) is 14.4. The molecule has 2 unspecified atom stereocenters. The van der Waals surface area contributed by atoms with E-state index in [1.807, 2.05) is 24.8 Å². The minimum Gasteiger partial charge on any atom is -0.353 e. The first-order chi connectivity index (χ1) is 12.3. The summed E-state index contributed by atoms with van der Waals surface area (Å²) < 4.78 is 54.1. The highest BCUT2D eigenvalue weighted by atomic mass is 32.2. The summed E-state index contributed by atoms with van der Waals surface area (Å²) >= 11 is 0. The standard InChI is InChI=1S/C17H18F2N4O2S/c1-10-5-17(21-11(2)20-10)22-8-13-7-14(9-22)23(13)26(24,25)16-4-3-12(18)6-15(16)19/h3-6,13-14H,7-9H2,1-2H3. The van der Waals surface area contributed by atoms with Crippen molar-refractivity contribution in [1.82, 2.24) is 14.3 Å². The molecule has 2 atom stereocenters. The highest BCUT2D eigenvalue weighted by molar-refractivity contribution is 7.89. The van der Waals surface area contributed by atoms with Crippen LogP contribution in [0, 0.1) is 25.5 Å². The second-order valence-electron chi connectivity index (χ2n) is 6.77. The second-order valence-corrected chi connectivity index (χ2v) is 8.58. The van der Waals surface area contributed by atoms with Crippen molar-refractivity contribution in [2.75, 3.05) is 18.0 Å². The van der Waals surface area contributed by atoms with E-state index in [4.69, 9.17) is 0 Å². The van der Waals surface area contributed by atoms with Gasteiger partial charge in [0.05, 0.1) is 0 Å². The lowest BCUT2D eigenvalue weighted by Crippen LogP contribution is -2.70. The molecule has 0 aliphatic carbocycles. The summed E-state index contributed by atoms with van der Waals surface area (Å²) in [7, 11) is -4.00. The number of hydrogen-bond acceptors (Lipinski definition) is 5. The Morgan fingerprint density at radius 1 is 1.08 bits per heavy atom. The van der Waals surface area contributed by atoms with Crippen molar-refractivity contribution < 1.29 is 17.2 Å². The third-order valence-electron chi connectivity index (χ3n) is 4.85. The third-order valence-corrected chi connectivity index (χ3v) is 6.89. The van der Waals surface area contributed by atoms with Crippen molar-refractivity contribution >= 4 is 15.8 Å².